The van der Waals surface area contributed by atoms with Crippen molar-refractivity contribution in [3.8, 4) is 0 Å². The maximum Gasteiger partial charge on any atom is 0.473 e. The van der Waals surface area contributed by atoms with E-state index in [1.165, 1.54) is 0 Å². The van der Waals surface area contributed by atoms with Crippen LogP contribution in [0.4, 0.5) is 18.0 Å². The number of benzene rings is 1. The number of hydrogen-bond donors (Lipinski definition) is 1. The molecule has 2 bridgehead atoms. The van der Waals surface area contributed by atoms with Crippen LogP contribution in [0.15, 0.2) is 30.3 Å². The highest BCUT2D eigenvalue weighted by Gasteiger charge is 2.51. The van der Waals surface area contributed by atoms with Gasteiger partial charge in [-0.15, -0.1) is 0 Å². The first-order valence-electron chi connectivity index (χ1n) is 8.16. The molecule has 146 valence electrons. The number of hydroxylamine groups is 2. The molecule has 2 atom stereocenters. The summed E-state index contributed by atoms with van der Waals surface area (Å²) in [6, 6.07) is 6.89. The lowest BCUT2D eigenvalue weighted by Gasteiger charge is -2.31. The summed E-state index contributed by atoms with van der Waals surface area (Å²) in [5, 5.41) is 0.665. The number of hydrogen-bond acceptors (Lipinski definition) is 5. The molecular weight excluding hydrogens is 369 g/mol. The highest BCUT2D eigenvalue weighted by Crippen LogP contribution is 2.31. The number of halogens is 3. The molecule has 4 amide bonds. The Balaban J connectivity index is 1.67. The fourth-order valence-corrected chi connectivity index (χ4v) is 3.17. The second-order valence-electron chi connectivity index (χ2n) is 6.28. The zero-order valence-corrected chi connectivity index (χ0v) is 14.1. The molecule has 2 aliphatic rings. The Bertz CT molecular complexity index is 743. The number of amides is 4. The topological polar surface area (TPSA) is 96.2 Å². The van der Waals surface area contributed by atoms with Crippen LogP contribution in [0, 0.1) is 0 Å². The van der Waals surface area contributed by atoms with E-state index in [1.54, 1.807) is 0 Å². The van der Waals surface area contributed by atoms with Gasteiger partial charge in [0.15, 0.2) is 0 Å². The Morgan fingerprint density at radius 2 is 1.89 bits per heavy atom. The first-order valence-corrected chi connectivity index (χ1v) is 8.16. The number of alkyl halides is 3. The third kappa shape index (κ3) is 3.74. The van der Waals surface area contributed by atoms with Crippen LogP contribution in [-0.4, -0.2) is 57.6 Å². The van der Waals surface area contributed by atoms with E-state index < -0.39 is 35.1 Å². The minimum Gasteiger partial charge on any atom is -0.309 e. The molecule has 8 nitrogen and oxygen atoms in total. The van der Waals surface area contributed by atoms with E-state index >= 15 is 0 Å². The van der Waals surface area contributed by atoms with Crippen LogP contribution >= 0.6 is 0 Å². The molecule has 2 saturated heterocycles. The van der Waals surface area contributed by atoms with E-state index in [2.05, 4.69) is 0 Å². The van der Waals surface area contributed by atoms with E-state index in [1.807, 2.05) is 30.3 Å². The second-order valence-corrected chi connectivity index (χ2v) is 6.28. The first-order chi connectivity index (χ1) is 12.7. The van der Waals surface area contributed by atoms with Crippen molar-refractivity contribution in [3.05, 3.63) is 35.9 Å². The average Bonchev–Trinajstić information content (AvgIpc) is 2.89. The van der Waals surface area contributed by atoms with Gasteiger partial charge in [-0.25, -0.2) is 15.6 Å². The van der Waals surface area contributed by atoms with Crippen molar-refractivity contribution < 1.29 is 32.4 Å². The van der Waals surface area contributed by atoms with E-state index in [0.717, 1.165) is 15.5 Å². The Morgan fingerprint density at radius 3 is 2.52 bits per heavy atom. The molecule has 3 rings (SSSR count). The van der Waals surface area contributed by atoms with Gasteiger partial charge in [-0.05, 0) is 18.4 Å². The number of hydrazine groups is 1. The van der Waals surface area contributed by atoms with Crippen molar-refractivity contribution >= 4 is 17.8 Å². The summed E-state index contributed by atoms with van der Waals surface area (Å²) in [7, 11) is 0. The molecule has 2 fully saturated rings. The van der Waals surface area contributed by atoms with Gasteiger partial charge in [0, 0.05) is 6.54 Å². The molecule has 2 heterocycles. The molecule has 2 N–H and O–H groups in total. The molecule has 0 radical (unpaired) electrons. The molecule has 0 unspecified atom stereocenters. The van der Waals surface area contributed by atoms with Crippen LogP contribution in [0.2, 0.25) is 0 Å². The summed E-state index contributed by atoms with van der Waals surface area (Å²) in [6.45, 7) is 0.239. The van der Waals surface area contributed by atoms with Gasteiger partial charge in [0.25, 0.3) is 5.91 Å². The number of fused-ring (bicyclic) bond motifs is 2. The standard InChI is InChI=1S/C16H17F3N4O4/c17-16(18,19)14(25)22(20)13(24)12-7-6-11-8-21(12)15(26)23(11)27-9-10-4-2-1-3-5-10/h1-5,11-12H,6-9,20H2/t11-,12-/m1/s1. The van der Waals surface area contributed by atoms with Crippen molar-refractivity contribution in [2.24, 2.45) is 5.84 Å². The van der Waals surface area contributed by atoms with Crippen molar-refractivity contribution in [3.63, 3.8) is 0 Å². The fourth-order valence-electron chi connectivity index (χ4n) is 3.17. The van der Waals surface area contributed by atoms with Gasteiger partial charge in [-0.2, -0.15) is 18.2 Å². The summed E-state index contributed by atoms with van der Waals surface area (Å²) in [5.74, 6) is 1.31. The van der Waals surface area contributed by atoms with Crippen LogP contribution in [-0.2, 0) is 21.0 Å². The Morgan fingerprint density at radius 1 is 1.22 bits per heavy atom. The van der Waals surface area contributed by atoms with Crippen LogP contribution in [0.5, 0.6) is 0 Å². The zero-order valence-electron chi connectivity index (χ0n) is 14.1. The van der Waals surface area contributed by atoms with Crippen molar-refractivity contribution in [2.75, 3.05) is 6.54 Å². The molecule has 0 aromatic heterocycles. The van der Waals surface area contributed by atoms with E-state index in [0.29, 0.717) is 6.42 Å². The summed E-state index contributed by atoms with van der Waals surface area (Å²) >= 11 is 0. The molecule has 1 aromatic carbocycles. The minimum absolute atomic E-state index is 0.0826. The average molecular weight is 386 g/mol. The molecule has 1 aromatic rings. The summed E-state index contributed by atoms with van der Waals surface area (Å²) in [6.07, 6.45) is -4.86. The molecule has 2 aliphatic heterocycles. The number of carbonyl (C=O) groups is 3. The normalized spacial score (nSPS) is 22.1. The van der Waals surface area contributed by atoms with Gasteiger partial charge in [0.2, 0.25) is 0 Å². The summed E-state index contributed by atoms with van der Waals surface area (Å²) in [4.78, 5) is 42.6. The number of imide groups is 1. The maximum absolute atomic E-state index is 12.5. The molecule has 0 saturated carbocycles. The van der Waals surface area contributed by atoms with Crippen molar-refractivity contribution in [1.29, 1.82) is 0 Å². The van der Waals surface area contributed by atoms with Gasteiger partial charge < -0.3 is 4.90 Å². The largest absolute Gasteiger partial charge is 0.473 e. The SMILES string of the molecule is NN(C(=O)[C@H]1CC[C@@H]2CN1C(=O)N2OCc1ccccc1)C(=O)C(F)(F)F. The second kappa shape index (κ2) is 7.16. The number of carbonyl (C=O) groups excluding carboxylic acids is 3. The third-order valence-corrected chi connectivity index (χ3v) is 4.52. The summed E-state index contributed by atoms with van der Waals surface area (Å²) < 4.78 is 37.4. The monoisotopic (exact) mass is 386 g/mol. The highest BCUT2D eigenvalue weighted by atomic mass is 19.4. The third-order valence-electron chi connectivity index (χ3n) is 4.52. The number of nitrogens with zero attached hydrogens (tertiary/aromatic N) is 3. The minimum atomic E-state index is -5.28. The first kappa shape index (κ1) is 19.1. The molecular formula is C16H17F3N4O4. The Kier molecular flexibility index (Phi) is 5.07. The smallest absolute Gasteiger partial charge is 0.309 e. The van der Waals surface area contributed by atoms with Gasteiger partial charge in [-0.1, -0.05) is 30.3 Å². The van der Waals surface area contributed by atoms with Crippen LogP contribution < -0.4 is 5.84 Å². The van der Waals surface area contributed by atoms with Crippen LogP contribution in [0.3, 0.4) is 0 Å². The number of rotatable bonds is 4. The number of piperidine rings is 1. The lowest BCUT2D eigenvalue weighted by Crippen LogP contribution is -2.57. The predicted molar refractivity (Wildman–Crippen MR) is 84.1 cm³/mol. The number of nitrogens with two attached hydrogens (primary N) is 1. The molecule has 0 aliphatic carbocycles. The van der Waals surface area contributed by atoms with Gasteiger partial charge >= 0.3 is 18.1 Å². The molecule has 11 heteroatoms. The Hall–Kier alpha value is -2.66. The lowest BCUT2D eigenvalue weighted by molar-refractivity contribution is -0.189. The highest BCUT2D eigenvalue weighted by molar-refractivity contribution is 6.00. The predicted octanol–water partition coefficient (Wildman–Crippen LogP) is 1.18. The molecule has 0 spiro atoms. The van der Waals surface area contributed by atoms with E-state index in [9.17, 15) is 27.6 Å². The van der Waals surface area contributed by atoms with Gasteiger partial charge in [-0.3, -0.25) is 14.4 Å². The lowest BCUT2D eigenvalue weighted by atomic mass is 10.00. The van der Waals surface area contributed by atoms with E-state index in [4.69, 9.17) is 10.7 Å². The van der Waals surface area contributed by atoms with Crippen molar-refractivity contribution in [1.82, 2.24) is 15.0 Å². The quantitative estimate of drug-likeness (QED) is 0.476. The summed E-state index contributed by atoms with van der Waals surface area (Å²) in [5.41, 5.74) is 0.832. The molecule has 27 heavy (non-hydrogen) atoms. The Labute approximate surface area is 152 Å². The van der Waals surface area contributed by atoms with Gasteiger partial charge in [0.1, 0.15) is 12.6 Å². The van der Waals surface area contributed by atoms with Crippen LogP contribution in [0.25, 0.3) is 0 Å². The fraction of sp³-hybridized carbons (Fsp3) is 0.438. The van der Waals surface area contributed by atoms with Crippen molar-refractivity contribution in [2.45, 2.75) is 37.7 Å². The van der Waals surface area contributed by atoms with Gasteiger partial charge in [0.05, 0.1) is 6.04 Å². The van der Waals surface area contributed by atoms with E-state index in [-0.39, 0.29) is 25.6 Å². The van der Waals surface area contributed by atoms with Crippen LogP contribution in [0.1, 0.15) is 18.4 Å². The maximum atomic E-state index is 12.5. The number of urea groups is 1. The zero-order chi connectivity index (χ0) is 19.8.